The molecule has 0 aliphatic heterocycles. The van der Waals surface area contributed by atoms with E-state index in [4.69, 9.17) is 0 Å². The molecule has 20 heavy (non-hydrogen) atoms. The number of nitrogens with zero attached hydrogens (tertiary/aromatic N) is 1. The van der Waals surface area contributed by atoms with Crippen LogP contribution in [0.3, 0.4) is 0 Å². The number of benzene rings is 2. The van der Waals surface area contributed by atoms with Crippen molar-refractivity contribution >= 4 is 29.7 Å². The number of hydrogen-bond donors (Lipinski definition) is 1. The molecule has 0 aliphatic carbocycles. The van der Waals surface area contributed by atoms with E-state index in [0.29, 0.717) is 0 Å². The molecule has 0 saturated heterocycles. The largest absolute Gasteiger partial charge is 0.382 e. The van der Waals surface area contributed by atoms with E-state index in [2.05, 4.69) is 16.2 Å². The van der Waals surface area contributed by atoms with Crippen LogP contribution in [0, 0.1) is 0 Å². The van der Waals surface area contributed by atoms with E-state index in [0.717, 1.165) is 17.9 Å². The summed E-state index contributed by atoms with van der Waals surface area (Å²) in [4.78, 5) is 4.18. The molecule has 0 unspecified atom stereocenters. The SMILES string of the molecule is C(=CC=CCNc1ccccc1)=Nc1ccccc1.Cl. The lowest BCUT2D eigenvalue weighted by molar-refractivity contribution is 1.34. The highest BCUT2D eigenvalue weighted by Crippen LogP contribution is 2.07. The van der Waals surface area contributed by atoms with Gasteiger partial charge >= 0.3 is 0 Å². The van der Waals surface area contributed by atoms with Crippen LogP contribution in [0.2, 0.25) is 0 Å². The van der Waals surface area contributed by atoms with E-state index in [1.807, 2.05) is 72.8 Å². The Bertz CT molecular complexity index is 570. The Morgan fingerprint density at radius 3 is 2.30 bits per heavy atom. The van der Waals surface area contributed by atoms with Crippen LogP contribution in [0.1, 0.15) is 0 Å². The first-order valence-electron chi connectivity index (χ1n) is 6.24. The van der Waals surface area contributed by atoms with Crippen molar-refractivity contribution < 1.29 is 0 Å². The summed E-state index contributed by atoms with van der Waals surface area (Å²) in [5, 5.41) is 3.29. The van der Waals surface area contributed by atoms with Crippen LogP contribution in [-0.2, 0) is 0 Å². The number of allylic oxidation sites excluding steroid dienone is 2. The van der Waals surface area contributed by atoms with Gasteiger partial charge in [0.2, 0.25) is 0 Å². The Morgan fingerprint density at radius 1 is 0.950 bits per heavy atom. The van der Waals surface area contributed by atoms with Gasteiger partial charge < -0.3 is 5.32 Å². The first-order chi connectivity index (χ1) is 9.45. The van der Waals surface area contributed by atoms with E-state index < -0.39 is 0 Å². The highest BCUT2D eigenvalue weighted by molar-refractivity contribution is 5.85. The van der Waals surface area contributed by atoms with Crippen LogP contribution >= 0.6 is 12.4 Å². The van der Waals surface area contributed by atoms with Gasteiger partial charge in [-0.15, -0.1) is 12.4 Å². The Kier molecular flexibility index (Phi) is 7.59. The van der Waals surface area contributed by atoms with Gasteiger partial charge in [0, 0.05) is 12.2 Å². The number of halogens is 1. The lowest BCUT2D eigenvalue weighted by atomic mass is 10.3. The maximum atomic E-state index is 4.18. The summed E-state index contributed by atoms with van der Waals surface area (Å²) in [5.74, 6) is 2.89. The predicted octanol–water partition coefficient (Wildman–Crippen LogP) is 4.63. The molecule has 0 saturated carbocycles. The molecule has 0 atom stereocenters. The average Bonchev–Trinajstić information content (AvgIpc) is 2.48. The molecule has 0 bridgehead atoms. The minimum atomic E-state index is 0. The monoisotopic (exact) mass is 284 g/mol. The Balaban J connectivity index is 0.00000200. The molecule has 0 aliphatic rings. The van der Waals surface area contributed by atoms with E-state index in [1.54, 1.807) is 6.08 Å². The number of aliphatic imine (C=N–C) groups is 1. The number of para-hydroxylation sites is 2. The van der Waals surface area contributed by atoms with Gasteiger partial charge in [-0.25, -0.2) is 4.99 Å². The van der Waals surface area contributed by atoms with E-state index in [1.165, 1.54) is 0 Å². The fourth-order valence-electron chi connectivity index (χ4n) is 1.53. The molecule has 3 heteroatoms. The third-order valence-electron chi connectivity index (χ3n) is 2.45. The zero-order chi connectivity index (χ0) is 13.2. The van der Waals surface area contributed by atoms with Gasteiger partial charge in [0.1, 0.15) is 0 Å². The van der Waals surface area contributed by atoms with Crippen molar-refractivity contribution in [1.29, 1.82) is 0 Å². The molecule has 0 fully saturated rings. The van der Waals surface area contributed by atoms with E-state index in [-0.39, 0.29) is 12.4 Å². The maximum absolute atomic E-state index is 4.18. The summed E-state index contributed by atoms with van der Waals surface area (Å²) >= 11 is 0. The smallest absolute Gasteiger partial charge is 0.0729 e. The minimum Gasteiger partial charge on any atom is -0.382 e. The van der Waals surface area contributed by atoms with Crippen LogP contribution in [0.25, 0.3) is 0 Å². The molecule has 0 spiro atoms. The minimum absolute atomic E-state index is 0. The Morgan fingerprint density at radius 2 is 1.60 bits per heavy atom. The lowest BCUT2D eigenvalue weighted by Crippen LogP contribution is -1.96. The van der Waals surface area contributed by atoms with Crippen LogP contribution in [0.5, 0.6) is 0 Å². The molecule has 2 nitrogen and oxygen atoms in total. The molecule has 0 aromatic heterocycles. The summed E-state index contributed by atoms with van der Waals surface area (Å²) in [6.45, 7) is 0.785. The zero-order valence-electron chi connectivity index (χ0n) is 11.1. The van der Waals surface area contributed by atoms with Gasteiger partial charge in [-0.05, 0) is 36.2 Å². The van der Waals surface area contributed by atoms with Gasteiger partial charge in [-0.2, -0.15) is 0 Å². The second-order valence-corrected chi connectivity index (χ2v) is 3.92. The fourth-order valence-corrected chi connectivity index (χ4v) is 1.53. The first-order valence-corrected chi connectivity index (χ1v) is 6.24. The summed E-state index contributed by atoms with van der Waals surface area (Å²) < 4.78 is 0. The maximum Gasteiger partial charge on any atom is 0.0729 e. The van der Waals surface area contributed by atoms with Crippen molar-refractivity contribution in [2.45, 2.75) is 0 Å². The van der Waals surface area contributed by atoms with Crippen molar-refractivity contribution in [3.8, 4) is 0 Å². The van der Waals surface area contributed by atoms with Gasteiger partial charge in [0.25, 0.3) is 0 Å². The quantitative estimate of drug-likeness (QED) is 0.628. The molecule has 0 heterocycles. The summed E-state index contributed by atoms with van der Waals surface area (Å²) in [6.07, 6.45) is 5.77. The van der Waals surface area contributed by atoms with Crippen molar-refractivity contribution in [2.75, 3.05) is 11.9 Å². The second-order valence-electron chi connectivity index (χ2n) is 3.92. The third-order valence-corrected chi connectivity index (χ3v) is 2.45. The average molecular weight is 285 g/mol. The van der Waals surface area contributed by atoms with E-state index in [9.17, 15) is 0 Å². The summed E-state index contributed by atoms with van der Waals surface area (Å²) in [7, 11) is 0. The van der Waals surface area contributed by atoms with Crippen molar-refractivity contribution in [2.24, 2.45) is 4.99 Å². The van der Waals surface area contributed by atoms with Crippen molar-refractivity contribution in [3.63, 3.8) is 0 Å². The Hall–Kier alpha value is -2.28. The fraction of sp³-hybridized carbons (Fsp3) is 0.0588. The lowest BCUT2D eigenvalue weighted by Gasteiger charge is -2.00. The molecule has 1 N–H and O–H groups in total. The standard InChI is InChI=1S/C17H16N2.ClH/c1-4-10-16(11-5-1)18-14-8-3-9-15-19-17-12-6-2-7-13-17;/h1-13,18H,14H2;1H. The van der Waals surface area contributed by atoms with Gasteiger partial charge in [-0.1, -0.05) is 48.6 Å². The molecule has 0 amide bonds. The van der Waals surface area contributed by atoms with E-state index >= 15 is 0 Å². The van der Waals surface area contributed by atoms with Gasteiger partial charge in [-0.3, -0.25) is 0 Å². The normalized spacial score (nSPS) is 9.40. The third kappa shape index (κ3) is 6.05. The molecule has 2 aromatic carbocycles. The number of nitrogens with one attached hydrogen (secondary N) is 1. The van der Waals surface area contributed by atoms with Crippen LogP contribution < -0.4 is 5.32 Å². The highest BCUT2D eigenvalue weighted by atomic mass is 35.5. The van der Waals surface area contributed by atoms with Crippen LogP contribution in [-0.4, -0.2) is 12.4 Å². The topological polar surface area (TPSA) is 24.4 Å². The van der Waals surface area contributed by atoms with Gasteiger partial charge in [0.05, 0.1) is 5.69 Å². The molecular formula is C17H17ClN2. The van der Waals surface area contributed by atoms with Crippen LogP contribution in [0.4, 0.5) is 11.4 Å². The number of rotatable bonds is 5. The number of anilines is 1. The van der Waals surface area contributed by atoms with Crippen LogP contribution in [0.15, 0.2) is 83.9 Å². The summed E-state index contributed by atoms with van der Waals surface area (Å²) in [6, 6.07) is 19.9. The predicted molar refractivity (Wildman–Crippen MR) is 89.4 cm³/mol. The summed E-state index contributed by atoms with van der Waals surface area (Å²) in [5.41, 5.74) is 2.03. The first kappa shape index (κ1) is 15.8. The Labute approximate surface area is 126 Å². The molecule has 102 valence electrons. The molecule has 0 radical (unpaired) electrons. The second kappa shape index (κ2) is 9.62. The van der Waals surface area contributed by atoms with Crippen molar-refractivity contribution in [1.82, 2.24) is 0 Å². The zero-order valence-corrected chi connectivity index (χ0v) is 11.9. The molecule has 2 rings (SSSR count). The molecule has 2 aromatic rings. The van der Waals surface area contributed by atoms with Crippen molar-refractivity contribution in [3.05, 3.63) is 78.9 Å². The highest BCUT2D eigenvalue weighted by Gasteiger charge is 1.84. The molecular weight excluding hydrogens is 268 g/mol. The van der Waals surface area contributed by atoms with Gasteiger partial charge in [0.15, 0.2) is 0 Å². The number of hydrogen-bond acceptors (Lipinski definition) is 2.